The van der Waals surface area contributed by atoms with Gasteiger partial charge in [0.15, 0.2) is 0 Å². The summed E-state index contributed by atoms with van der Waals surface area (Å²) in [4.78, 5) is 19.6. The third-order valence-electron chi connectivity index (χ3n) is 7.03. The van der Waals surface area contributed by atoms with Crippen LogP contribution in [0.4, 0.5) is 4.79 Å². The normalized spacial score (nSPS) is 25.8. The van der Waals surface area contributed by atoms with Crippen LogP contribution < -0.4 is 0 Å². The fourth-order valence-corrected chi connectivity index (χ4v) is 4.87. The van der Waals surface area contributed by atoms with Crippen molar-refractivity contribution in [1.82, 2.24) is 14.7 Å². The first kappa shape index (κ1) is 19.0. The number of piperidine rings is 3. The van der Waals surface area contributed by atoms with E-state index in [9.17, 15) is 4.79 Å². The van der Waals surface area contributed by atoms with Crippen molar-refractivity contribution >= 4 is 6.03 Å². The monoisotopic (exact) mass is 349 g/mol. The Labute approximate surface area is 154 Å². The number of amides is 2. The van der Waals surface area contributed by atoms with Crippen LogP contribution >= 0.6 is 0 Å². The smallest absolute Gasteiger partial charge is 0.319 e. The molecule has 0 bridgehead atoms. The third kappa shape index (κ3) is 5.12. The largest absolute Gasteiger partial charge is 0.325 e. The number of likely N-dealkylation sites (tertiary alicyclic amines) is 3. The van der Waals surface area contributed by atoms with Crippen molar-refractivity contribution < 1.29 is 4.79 Å². The van der Waals surface area contributed by atoms with Crippen LogP contribution in [0.1, 0.15) is 59.3 Å². The van der Waals surface area contributed by atoms with Crippen molar-refractivity contribution in [1.29, 1.82) is 0 Å². The molecule has 3 aliphatic heterocycles. The van der Waals surface area contributed by atoms with E-state index < -0.39 is 0 Å². The highest BCUT2D eigenvalue weighted by Gasteiger charge is 2.30. The zero-order valence-corrected chi connectivity index (χ0v) is 16.8. The molecule has 0 aromatic rings. The fraction of sp³-hybridized carbons (Fsp3) is 0.952. The number of hydrogen-bond acceptors (Lipinski definition) is 2. The van der Waals surface area contributed by atoms with E-state index in [1.165, 1.54) is 58.2 Å². The number of hydrogen-bond donors (Lipinski definition) is 0. The maximum Gasteiger partial charge on any atom is 0.319 e. The number of nitrogens with zero attached hydrogens (tertiary/aromatic N) is 3. The van der Waals surface area contributed by atoms with Crippen LogP contribution in [0.25, 0.3) is 0 Å². The molecule has 0 spiro atoms. The van der Waals surface area contributed by atoms with Crippen molar-refractivity contribution in [2.45, 2.75) is 59.3 Å². The molecule has 3 fully saturated rings. The van der Waals surface area contributed by atoms with Gasteiger partial charge in [-0.15, -0.1) is 0 Å². The van der Waals surface area contributed by atoms with E-state index >= 15 is 0 Å². The first-order chi connectivity index (χ1) is 12.0. The lowest BCUT2D eigenvalue weighted by molar-refractivity contribution is 0.0964. The van der Waals surface area contributed by atoms with E-state index in [0.717, 1.165) is 49.9 Å². The molecule has 3 heterocycles. The molecule has 0 N–H and O–H groups in total. The van der Waals surface area contributed by atoms with Gasteiger partial charge in [-0.2, -0.15) is 0 Å². The molecule has 144 valence electrons. The van der Waals surface area contributed by atoms with E-state index in [0.29, 0.717) is 6.03 Å². The van der Waals surface area contributed by atoms with Crippen LogP contribution in [0, 0.1) is 23.7 Å². The van der Waals surface area contributed by atoms with Crippen molar-refractivity contribution in [3.63, 3.8) is 0 Å². The van der Waals surface area contributed by atoms with Gasteiger partial charge in [-0.25, -0.2) is 4.79 Å². The van der Waals surface area contributed by atoms with Crippen molar-refractivity contribution in [2.24, 2.45) is 23.7 Å². The van der Waals surface area contributed by atoms with Gasteiger partial charge < -0.3 is 14.7 Å². The van der Waals surface area contributed by atoms with Gasteiger partial charge in [0.1, 0.15) is 0 Å². The van der Waals surface area contributed by atoms with Crippen LogP contribution in [0.15, 0.2) is 0 Å². The molecule has 0 atom stereocenters. The van der Waals surface area contributed by atoms with E-state index in [1.807, 2.05) is 0 Å². The van der Waals surface area contributed by atoms with Crippen LogP contribution in [0.3, 0.4) is 0 Å². The lowest BCUT2D eigenvalue weighted by Crippen LogP contribution is -2.50. The second-order valence-electron chi connectivity index (χ2n) is 9.26. The fourth-order valence-electron chi connectivity index (χ4n) is 4.87. The molecule has 2 amide bonds. The number of urea groups is 1. The third-order valence-corrected chi connectivity index (χ3v) is 7.03. The molecule has 0 aromatic heterocycles. The minimum atomic E-state index is 0.308. The molecule has 4 nitrogen and oxygen atoms in total. The van der Waals surface area contributed by atoms with Crippen molar-refractivity contribution in [3.8, 4) is 0 Å². The molecule has 0 unspecified atom stereocenters. The van der Waals surface area contributed by atoms with E-state index in [1.54, 1.807) is 0 Å². The zero-order valence-electron chi connectivity index (χ0n) is 16.8. The SMILES string of the molecule is CC1CCN(C(=O)N2CCC(CN3CCC(C(C)C)CC3)CC2)CC1. The molecular formula is C21H39N3O. The van der Waals surface area contributed by atoms with Gasteiger partial charge in [0.05, 0.1) is 0 Å². The number of carbonyl (C=O) groups is 1. The summed E-state index contributed by atoms with van der Waals surface area (Å²) in [7, 11) is 0. The van der Waals surface area contributed by atoms with Gasteiger partial charge >= 0.3 is 6.03 Å². The molecule has 3 rings (SSSR count). The second-order valence-corrected chi connectivity index (χ2v) is 9.26. The highest BCUT2D eigenvalue weighted by molar-refractivity contribution is 5.74. The summed E-state index contributed by atoms with van der Waals surface area (Å²) < 4.78 is 0. The minimum absolute atomic E-state index is 0.308. The molecule has 0 aromatic carbocycles. The summed E-state index contributed by atoms with van der Waals surface area (Å²) in [5.74, 6) is 3.35. The maximum absolute atomic E-state index is 12.7. The zero-order chi connectivity index (χ0) is 17.8. The van der Waals surface area contributed by atoms with Crippen LogP contribution in [-0.2, 0) is 0 Å². The quantitative estimate of drug-likeness (QED) is 0.772. The topological polar surface area (TPSA) is 26.8 Å². The summed E-state index contributed by atoms with van der Waals surface area (Å²) in [5, 5.41) is 0. The molecule has 3 aliphatic rings. The predicted molar refractivity (Wildman–Crippen MR) is 104 cm³/mol. The van der Waals surface area contributed by atoms with Crippen LogP contribution in [0.5, 0.6) is 0 Å². The Bertz CT molecular complexity index is 415. The Morgan fingerprint density at radius 1 is 0.840 bits per heavy atom. The van der Waals surface area contributed by atoms with Crippen LogP contribution in [0.2, 0.25) is 0 Å². The summed E-state index contributed by atoms with van der Waals surface area (Å²) in [6.07, 6.45) is 7.49. The number of rotatable bonds is 3. The van der Waals surface area contributed by atoms with Crippen LogP contribution in [-0.4, -0.2) is 66.5 Å². The van der Waals surface area contributed by atoms with E-state index in [2.05, 4.69) is 35.5 Å². The standard InChI is InChI=1S/C21H39N3O/c1-17(2)20-8-10-22(11-9-20)16-19-6-14-24(15-7-19)21(25)23-12-4-18(3)5-13-23/h17-20H,4-16H2,1-3H3. The average molecular weight is 350 g/mol. The van der Waals surface area contributed by atoms with Crippen molar-refractivity contribution in [3.05, 3.63) is 0 Å². The van der Waals surface area contributed by atoms with Gasteiger partial charge in [-0.1, -0.05) is 20.8 Å². The molecule has 0 saturated carbocycles. The van der Waals surface area contributed by atoms with Gasteiger partial charge in [0, 0.05) is 32.7 Å². The molecular weight excluding hydrogens is 310 g/mol. The molecule has 0 radical (unpaired) electrons. The molecule has 4 heteroatoms. The summed E-state index contributed by atoms with van der Waals surface area (Å²) in [5.41, 5.74) is 0. The van der Waals surface area contributed by atoms with Crippen molar-refractivity contribution in [2.75, 3.05) is 45.8 Å². The number of carbonyl (C=O) groups excluding carboxylic acids is 1. The Balaban J connectivity index is 1.37. The molecule has 25 heavy (non-hydrogen) atoms. The lowest BCUT2D eigenvalue weighted by Gasteiger charge is -2.40. The highest BCUT2D eigenvalue weighted by Crippen LogP contribution is 2.27. The highest BCUT2D eigenvalue weighted by atomic mass is 16.2. The summed E-state index contributed by atoms with van der Waals surface area (Å²) >= 11 is 0. The Morgan fingerprint density at radius 3 is 1.88 bits per heavy atom. The Hall–Kier alpha value is -0.770. The lowest BCUT2D eigenvalue weighted by atomic mass is 9.86. The summed E-state index contributed by atoms with van der Waals surface area (Å²) in [6.45, 7) is 14.7. The minimum Gasteiger partial charge on any atom is -0.325 e. The second kappa shape index (κ2) is 8.75. The van der Waals surface area contributed by atoms with Gasteiger partial charge in [-0.05, 0) is 75.3 Å². The average Bonchev–Trinajstić information content (AvgIpc) is 2.63. The van der Waals surface area contributed by atoms with E-state index in [-0.39, 0.29) is 0 Å². The summed E-state index contributed by atoms with van der Waals surface area (Å²) in [6, 6.07) is 0.308. The van der Waals surface area contributed by atoms with E-state index in [4.69, 9.17) is 0 Å². The Kier molecular flexibility index (Phi) is 6.65. The first-order valence-corrected chi connectivity index (χ1v) is 10.8. The van der Waals surface area contributed by atoms with Gasteiger partial charge in [-0.3, -0.25) is 0 Å². The molecule has 3 saturated heterocycles. The maximum atomic E-state index is 12.7. The predicted octanol–water partition coefficient (Wildman–Crippen LogP) is 3.92. The first-order valence-electron chi connectivity index (χ1n) is 10.8. The van der Waals surface area contributed by atoms with Gasteiger partial charge in [0.2, 0.25) is 0 Å². The van der Waals surface area contributed by atoms with Gasteiger partial charge in [0.25, 0.3) is 0 Å². The molecule has 0 aliphatic carbocycles. The Morgan fingerprint density at radius 2 is 1.36 bits per heavy atom.